The minimum Gasteiger partial charge on any atom is -0.871 e. The van der Waals surface area contributed by atoms with Crippen LogP contribution in [-0.4, -0.2) is 45.3 Å². The van der Waals surface area contributed by atoms with Crippen LogP contribution in [0.2, 0.25) is 0 Å². The monoisotopic (exact) mass is 710 g/mol. The molecule has 6 aromatic rings. The largest absolute Gasteiger partial charge is 0.871 e. The first-order chi connectivity index (χ1) is 26.2. The first kappa shape index (κ1) is 33.9. The van der Waals surface area contributed by atoms with Gasteiger partial charge in [-0.15, -0.1) is 0 Å². The molecule has 0 fully saturated rings. The Hall–Kier alpha value is -5.88. The van der Waals surface area contributed by atoms with Crippen molar-refractivity contribution in [3.8, 4) is 0 Å². The van der Waals surface area contributed by atoms with Gasteiger partial charge in [-0.2, -0.15) is 0 Å². The second-order valence-electron chi connectivity index (χ2n) is 15.3. The molecule has 0 spiro atoms. The number of ketones is 1. The molecule has 2 aliphatic heterocycles. The summed E-state index contributed by atoms with van der Waals surface area (Å²) < 4.78 is 2.39. The molecule has 0 bridgehead atoms. The number of likely N-dealkylation sites (N-methyl/N-ethyl adjacent to an activating group) is 4. The highest BCUT2D eigenvalue weighted by atomic mass is 16.3. The summed E-state index contributed by atoms with van der Waals surface area (Å²) in [6.45, 7) is 4.49. The zero-order valence-corrected chi connectivity index (χ0v) is 32.0. The molecule has 9 rings (SSSR count). The number of hydrogen-bond acceptors (Lipinski definition) is 5. The van der Waals surface area contributed by atoms with Crippen LogP contribution in [0.15, 0.2) is 127 Å². The molecule has 6 aromatic carbocycles. The van der Waals surface area contributed by atoms with Crippen LogP contribution < -0.4 is 35.0 Å². The molecule has 0 radical (unpaired) electrons. The number of nitrogens with zero attached hydrogens (tertiary/aromatic N) is 4. The Morgan fingerprint density at radius 2 is 1.19 bits per heavy atom. The van der Waals surface area contributed by atoms with Gasteiger partial charge in [0.25, 0.3) is 0 Å². The van der Waals surface area contributed by atoms with Crippen molar-refractivity contribution in [3.05, 3.63) is 154 Å². The van der Waals surface area contributed by atoms with Crippen LogP contribution in [0.3, 0.4) is 0 Å². The number of carbonyl (C=O) groups is 1. The van der Waals surface area contributed by atoms with Gasteiger partial charge in [-0.3, -0.25) is 4.79 Å². The third-order valence-electron chi connectivity index (χ3n) is 13.2. The Labute approximate surface area is 317 Å². The molecule has 0 amide bonds. The van der Waals surface area contributed by atoms with Gasteiger partial charge < -0.3 is 19.8 Å². The van der Waals surface area contributed by atoms with E-state index in [9.17, 15) is 9.90 Å². The topological polar surface area (TPSA) is 52.9 Å². The second-order valence-corrected chi connectivity index (χ2v) is 15.3. The van der Waals surface area contributed by atoms with Gasteiger partial charge in [0.15, 0.2) is 5.78 Å². The Morgan fingerprint density at radius 3 is 1.80 bits per heavy atom. The zero-order chi connectivity index (χ0) is 37.5. The lowest BCUT2D eigenvalue weighted by Crippen LogP contribution is -2.63. The number of allylic oxidation sites excluding steroid dienone is 2. The lowest BCUT2D eigenvalue weighted by Gasteiger charge is -2.54. The summed E-state index contributed by atoms with van der Waals surface area (Å²) in [7, 11) is 8.69. The maximum absolute atomic E-state index is 14.4. The van der Waals surface area contributed by atoms with Crippen LogP contribution >= 0.6 is 0 Å². The highest BCUT2D eigenvalue weighted by Crippen LogP contribution is 2.50. The van der Waals surface area contributed by atoms with E-state index >= 15 is 0 Å². The lowest BCUT2D eigenvalue weighted by molar-refractivity contribution is -0.292. The zero-order valence-electron chi connectivity index (χ0n) is 32.0. The second kappa shape index (κ2) is 12.3. The van der Waals surface area contributed by atoms with E-state index in [4.69, 9.17) is 0 Å². The fraction of sp³-hybridized carbons (Fsp3) is 0.250. The molecule has 2 heterocycles. The summed E-state index contributed by atoms with van der Waals surface area (Å²) in [6, 6.07) is 42.1. The molecule has 0 saturated heterocycles. The molecule has 6 heteroatoms. The van der Waals surface area contributed by atoms with Crippen molar-refractivity contribution < 1.29 is 9.90 Å². The van der Waals surface area contributed by atoms with Crippen molar-refractivity contribution in [1.82, 2.24) is 4.58 Å². The smallest absolute Gasteiger partial charge is 0.241 e. The minimum absolute atomic E-state index is 0.185. The van der Waals surface area contributed by atoms with Crippen LogP contribution in [0.5, 0.6) is 0 Å². The first-order valence-corrected chi connectivity index (χ1v) is 19.2. The van der Waals surface area contributed by atoms with Gasteiger partial charge in [0.2, 0.25) is 11.0 Å². The molecule has 0 saturated carbocycles. The maximum atomic E-state index is 14.4. The van der Waals surface area contributed by atoms with Crippen molar-refractivity contribution in [3.63, 3.8) is 0 Å². The average molecular weight is 711 g/mol. The van der Waals surface area contributed by atoms with E-state index in [0.717, 1.165) is 69.6 Å². The fourth-order valence-corrected chi connectivity index (χ4v) is 10.0. The average Bonchev–Trinajstić information content (AvgIpc) is 3.21. The summed E-state index contributed by atoms with van der Waals surface area (Å²) in [4.78, 5) is 21.6. The number of anilines is 3. The van der Waals surface area contributed by atoms with Crippen molar-refractivity contribution in [2.45, 2.75) is 50.9 Å². The molecular weight excluding hydrogens is 665 g/mol. The van der Waals surface area contributed by atoms with Gasteiger partial charge in [0, 0.05) is 68.0 Å². The van der Waals surface area contributed by atoms with Gasteiger partial charge in [-0.25, -0.2) is 4.58 Å². The van der Waals surface area contributed by atoms with Crippen LogP contribution in [-0.2, 0) is 17.6 Å². The SMILES string of the molecule is CCC1(Cc2ccccc2)N(C)c2cccc3c(C4=C([O-])/C(=c5/ccc6c7c(cccc57)N(C)C(CC)(Cc5ccccc5)[N+]=6C)C4=O)ccc(c23)N1C. The molecular formula is C48H46N4O2. The molecule has 2 unspecified atom stereocenters. The first-order valence-electron chi connectivity index (χ1n) is 19.2. The van der Waals surface area contributed by atoms with Crippen LogP contribution in [0.25, 0.3) is 32.7 Å². The van der Waals surface area contributed by atoms with E-state index < -0.39 is 0 Å². The van der Waals surface area contributed by atoms with E-state index in [-0.39, 0.29) is 34.0 Å². The summed E-state index contributed by atoms with van der Waals surface area (Å²) >= 11 is 0. The van der Waals surface area contributed by atoms with Gasteiger partial charge in [-0.1, -0.05) is 111 Å². The minimum atomic E-state index is -0.282. The van der Waals surface area contributed by atoms with E-state index in [1.807, 2.05) is 12.1 Å². The summed E-state index contributed by atoms with van der Waals surface area (Å²) in [5.41, 5.74) is 6.58. The Bertz CT molecular complexity index is 2670. The molecule has 270 valence electrons. The Balaban J connectivity index is 1.19. The molecule has 0 N–H and O–H groups in total. The number of carbonyl (C=O) groups excluding carboxylic acids is 1. The third-order valence-corrected chi connectivity index (χ3v) is 13.2. The van der Waals surface area contributed by atoms with E-state index in [1.54, 1.807) is 0 Å². The highest BCUT2D eigenvalue weighted by Gasteiger charge is 2.47. The number of benzene rings is 6. The summed E-state index contributed by atoms with van der Waals surface area (Å²) in [6.07, 6.45) is 3.53. The predicted octanol–water partition coefficient (Wildman–Crippen LogP) is 6.65. The summed E-state index contributed by atoms with van der Waals surface area (Å²) in [5.74, 6) is -0.370. The molecule has 0 aromatic heterocycles. The Kier molecular flexibility index (Phi) is 7.75. The van der Waals surface area contributed by atoms with E-state index in [0.29, 0.717) is 10.8 Å². The quantitative estimate of drug-likeness (QED) is 0.174. The van der Waals surface area contributed by atoms with Crippen molar-refractivity contribution >= 4 is 55.5 Å². The van der Waals surface area contributed by atoms with Crippen molar-refractivity contribution in [1.29, 1.82) is 0 Å². The lowest BCUT2D eigenvalue weighted by atomic mass is 9.79. The van der Waals surface area contributed by atoms with Crippen molar-refractivity contribution in [2.75, 3.05) is 42.9 Å². The number of hydrogen-bond donors (Lipinski definition) is 0. The van der Waals surface area contributed by atoms with Crippen LogP contribution in [0.4, 0.5) is 17.1 Å². The highest BCUT2D eigenvalue weighted by molar-refractivity contribution is 6.52. The molecule has 54 heavy (non-hydrogen) atoms. The molecule has 3 aliphatic rings. The normalized spacial score (nSPS) is 21.7. The summed E-state index contributed by atoms with van der Waals surface area (Å²) in [5, 5.41) is 20.2. The molecule has 6 nitrogen and oxygen atoms in total. The van der Waals surface area contributed by atoms with E-state index in [2.05, 4.69) is 171 Å². The number of Topliss-reactive ketones (excluding diaryl/α,β-unsaturated/α-hetero) is 1. The van der Waals surface area contributed by atoms with Gasteiger partial charge in [0.05, 0.1) is 17.5 Å². The fourth-order valence-electron chi connectivity index (χ4n) is 10.0. The Morgan fingerprint density at radius 1 is 0.593 bits per heavy atom. The van der Waals surface area contributed by atoms with Crippen LogP contribution in [0, 0.1) is 0 Å². The number of rotatable bonds is 7. The van der Waals surface area contributed by atoms with Gasteiger partial charge >= 0.3 is 0 Å². The van der Waals surface area contributed by atoms with Crippen LogP contribution in [0.1, 0.15) is 43.4 Å². The third kappa shape index (κ3) is 4.52. The maximum Gasteiger partial charge on any atom is 0.241 e. The molecule has 1 aliphatic carbocycles. The predicted molar refractivity (Wildman–Crippen MR) is 221 cm³/mol. The van der Waals surface area contributed by atoms with Crippen molar-refractivity contribution in [2.24, 2.45) is 0 Å². The standard InChI is InChI=1S/C48H46N4O2/c1-7-47(29-31-17-11-9-12-18-31)49(3)37-23-15-21-33-35(25-27-39(41(33)37)51(47)5)43-45(53)44(46(43)54)36-26-28-40-42-34(36)22-16-24-38(42)50(4)48(8-2,52(40)6)30-32-19-13-10-14-20-32/h9-28H,7-8,29-30H2,1-6H3. The van der Waals surface area contributed by atoms with Gasteiger partial charge in [-0.05, 0) is 63.4 Å². The molecule has 2 atom stereocenters. The van der Waals surface area contributed by atoms with Gasteiger partial charge in [0.1, 0.15) is 12.7 Å². The van der Waals surface area contributed by atoms with E-state index in [1.165, 1.54) is 11.1 Å².